The zero-order chi connectivity index (χ0) is 12.5. The van der Waals surface area contributed by atoms with E-state index >= 15 is 0 Å². The largest absolute Gasteiger partial charge is 0.459 e. The van der Waals surface area contributed by atoms with Crippen LogP contribution in [0.15, 0.2) is 41.1 Å². The second kappa shape index (κ2) is 3.99. The van der Waals surface area contributed by atoms with E-state index in [4.69, 9.17) is 4.42 Å². The van der Waals surface area contributed by atoms with Crippen LogP contribution in [0, 0.1) is 6.92 Å². The Bertz CT molecular complexity index is 700. The number of carbonyl (C=O) groups is 1. The summed E-state index contributed by atoms with van der Waals surface area (Å²) in [6, 6.07) is 7.03. The average Bonchev–Trinajstić information content (AvgIpc) is 2.95. The minimum Gasteiger partial charge on any atom is -0.459 e. The number of pyridine rings is 1. The van der Waals surface area contributed by atoms with Crippen molar-refractivity contribution < 1.29 is 9.21 Å². The Labute approximate surface area is 102 Å². The van der Waals surface area contributed by atoms with E-state index in [2.05, 4.69) is 15.4 Å². The number of rotatable bonds is 2. The summed E-state index contributed by atoms with van der Waals surface area (Å²) >= 11 is 0. The zero-order valence-corrected chi connectivity index (χ0v) is 9.62. The number of carbonyl (C=O) groups excluding carboxylic acids is 1. The highest BCUT2D eigenvalue weighted by molar-refractivity contribution is 6.01. The van der Waals surface area contributed by atoms with Gasteiger partial charge < -0.3 is 4.42 Å². The molecule has 0 saturated heterocycles. The quantitative estimate of drug-likeness (QED) is 0.744. The van der Waals surface area contributed by atoms with E-state index in [1.807, 2.05) is 19.1 Å². The molecule has 18 heavy (non-hydrogen) atoms. The van der Waals surface area contributed by atoms with Crippen molar-refractivity contribution in [1.29, 1.82) is 0 Å². The fourth-order valence-corrected chi connectivity index (χ4v) is 1.61. The summed E-state index contributed by atoms with van der Waals surface area (Å²) in [6.45, 7) is 1.97. The summed E-state index contributed by atoms with van der Waals surface area (Å²) in [7, 11) is 0. The molecule has 0 unspecified atom stereocenters. The number of aryl methyl sites for hydroxylation is 1. The molecule has 0 bridgehead atoms. The molecule has 0 aliphatic heterocycles. The van der Waals surface area contributed by atoms with Crippen molar-refractivity contribution in [2.75, 3.05) is 5.32 Å². The minimum atomic E-state index is -0.368. The summed E-state index contributed by atoms with van der Waals surface area (Å²) in [4.78, 5) is 15.9. The predicted octanol–water partition coefficient (Wildman–Crippen LogP) is 1.88. The lowest BCUT2D eigenvalue weighted by Crippen LogP contribution is -2.12. The zero-order valence-electron chi connectivity index (χ0n) is 9.62. The van der Waals surface area contributed by atoms with Crippen LogP contribution in [-0.2, 0) is 0 Å². The molecule has 0 fully saturated rings. The molecule has 1 amide bonds. The first-order valence-corrected chi connectivity index (χ1v) is 5.40. The molecule has 0 spiro atoms. The molecular formula is C12H10N4O2. The fourth-order valence-electron chi connectivity index (χ4n) is 1.61. The highest BCUT2D eigenvalue weighted by Crippen LogP contribution is 2.09. The first-order chi connectivity index (χ1) is 8.72. The molecule has 90 valence electrons. The van der Waals surface area contributed by atoms with Gasteiger partial charge in [-0.3, -0.25) is 10.1 Å². The molecular weight excluding hydrogens is 232 g/mol. The maximum Gasteiger partial charge on any atom is 0.293 e. The first-order valence-electron chi connectivity index (χ1n) is 5.40. The van der Waals surface area contributed by atoms with Crippen molar-refractivity contribution in [2.24, 2.45) is 0 Å². The van der Waals surface area contributed by atoms with Gasteiger partial charge in [-0.1, -0.05) is 0 Å². The summed E-state index contributed by atoms with van der Waals surface area (Å²) in [6.07, 6.45) is 3.23. The van der Waals surface area contributed by atoms with E-state index in [-0.39, 0.29) is 17.6 Å². The van der Waals surface area contributed by atoms with Crippen LogP contribution in [0.2, 0.25) is 0 Å². The van der Waals surface area contributed by atoms with Crippen LogP contribution in [0.3, 0.4) is 0 Å². The monoisotopic (exact) mass is 242 g/mol. The molecule has 3 aromatic rings. The van der Waals surface area contributed by atoms with Gasteiger partial charge in [0.15, 0.2) is 11.4 Å². The number of nitrogens with zero attached hydrogens (tertiary/aromatic N) is 3. The summed E-state index contributed by atoms with van der Waals surface area (Å²) < 4.78 is 6.59. The second-order valence-electron chi connectivity index (χ2n) is 3.87. The molecule has 3 heterocycles. The van der Waals surface area contributed by atoms with Crippen LogP contribution in [0.25, 0.3) is 5.65 Å². The molecule has 3 rings (SSSR count). The molecule has 3 aromatic heterocycles. The van der Waals surface area contributed by atoms with Crippen LogP contribution < -0.4 is 5.32 Å². The number of hydrogen-bond acceptors (Lipinski definition) is 4. The predicted molar refractivity (Wildman–Crippen MR) is 64.4 cm³/mol. The molecule has 1 N–H and O–H groups in total. The lowest BCUT2D eigenvalue weighted by atomic mass is 10.3. The van der Waals surface area contributed by atoms with E-state index in [0.717, 1.165) is 5.56 Å². The van der Waals surface area contributed by atoms with Gasteiger partial charge in [0.25, 0.3) is 5.91 Å². The Morgan fingerprint density at radius 1 is 1.44 bits per heavy atom. The number of fused-ring (bicyclic) bond motifs is 1. The smallest absolute Gasteiger partial charge is 0.293 e. The van der Waals surface area contributed by atoms with Crippen molar-refractivity contribution >= 4 is 17.5 Å². The highest BCUT2D eigenvalue weighted by atomic mass is 16.3. The number of nitrogens with one attached hydrogen (secondary N) is 1. The van der Waals surface area contributed by atoms with Crippen LogP contribution >= 0.6 is 0 Å². The van der Waals surface area contributed by atoms with E-state index in [0.29, 0.717) is 5.65 Å². The minimum absolute atomic E-state index is 0.227. The third-order valence-electron chi connectivity index (χ3n) is 2.46. The van der Waals surface area contributed by atoms with Gasteiger partial charge in [0, 0.05) is 6.20 Å². The van der Waals surface area contributed by atoms with E-state index in [9.17, 15) is 4.79 Å². The Morgan fingerprint density at radius 3 is 3.11 bits per heavy atom. The van der Waals surface area contributed by atoms with Crippen molar-refractivity contribution in [3.8, 4) is 0 Å². The highest BCUT2D eigenvalue weighted by Gasteiger charge is 2.11. The molecule has 0 atom stereocenters. The van der Waals surface area contributed by atoms with Crippen LogP contribution in [-0.4, -0.2) is 20.5 Å². The SMILES string of the molecule is Cc1ccn2nc(NC(=O)c3ccco3)nc2c1. The summed E-state index contributed by atoms with van der Waals surface area (Å²) in [5, 5.41) is 6.71. The van der Waals surface area contributed by atoms with Crippen molar-refractivity contribution in [3.05, 3.63) is 48.0 Å². The van der Waals surface area contributed by atoms with E-state index < -0.39 is 0 Å². The van der Waals surface area contributed by atoms with Gasteiger partial charge >= 0.3 is 0 Å². The second-order valence-corrected chi connectivity index (χ2v) is 3.87. The fraction of sp³-hybridized carbons (Fsp3) is 0.0833. The topological polar surface area (TPSA) is 72.4 Å². The van der Waals surface area contributed by atoms with Gasteiger partial charge in [-0.2, -0.15) is 4.98 Å². The van der Waals surface area contributed by atoms with E-state index in [1.54, 1.807) is 22.8 Å². The molecule has 0 aliphatic carbocycles. The number of furan rings is 1. The maximum absolute atomic E-state index is 11.7. The molecule has 0 saturated carbocycles. The van der Waals surface area contributed by atoms with Crippen LogP contribution in [0.4, 0.5) is 5.95 Å². The van der Waals surface area contributed by atoms with Gasteiger partial charge in [-0.25, -0.2) is 4.52 Å². The van der Waals surface area contributed by atoms with Crippen molar-refractivity contribution in [1.82, 2.24) is 14.6 Å². The van der Waals surface area contributed by atoms with Crippen LogP contribution in [0.1, 0.15) is 16.1 Å². The van der Waals surface area contributed by atoms with Gasteiger partial charge in [0.2, 0.25) is 5.95 Å². The summed E-state index contributed by atoms with van der Waals surface area (Å²) in [5.74, 6) is 0.111. The van der Waals surface area contributed by atoms with E-state index in [1.165, 1.54) is 6.26 Å². The third-order valence-corrected chi connectivity index (χ3v) is 2.46. The summed E-state index contributed by atoms with van der Waals surface area (Å²) in [5.41, 5.74) is 1.77. The molecule has 0 radical (unpaired) electrons. The first kappa shape index (κ1) is 10.5. The molecule has 0 aliphatic rings. The Morgan fingerprint density at radius 2 is 2.33 bits per heavy atom. The number of hydrogen-bond donors (Lipinski definition) is 1. The maximum atomic E-state index is 11.7. The molecule has 6 heteroatoms. The Kier molecular flexibility index (Phi) is 2.33. The van der Waals surface area contributed by atoms with Gasteiger partial charge in [0.1, 0.15) is 0 Å². The Balaban J connectivity index is 1.89. The molecule has 0 aromatic carbocycles. The standard InChI is InChI=1S/C12H10N4O2/c1-8-4-5-16-10(7-8)13-12(15-16)14-11(17)9-3-2-6-18-9/h2-7H,1H3,(H,14,15,17). The molecule has 6 nitrogen and oxygen atoms in total. The lowest BCUT2D eigenvalue weighted by Gasteiger charge is -1.95. The number of amides is 1. The normalized spacial score (nSPS) is 10.7. The Hall–Kier alpha value is -2.63. The number of anilines is 1. The van der Waals surface area contributed by atoms with Crippen molar-refractivity contribution in [2.45, 2.75) is 6.92 Å². The van der Waals surface area contributed by atoms with Crippen LogP contribution in [0.5, 0.6) is 0 Å². The number of aromatic nitrogens is 3. The van der Waals surface area contributed by atoms with Gasteiger partial charge in [0.05, 0.1) is 6.26 Å². The third kappa shape index (κ3) is 1.84. The average molecular weight is 242 g/mol. The lowest BCUT2D eigenvalue weighted by molar-refractivity contribution is 0.0996. The van der Waals surface area contributed by atoms with Crippen molar-refractivity contribution in [3.63, 3.8) is 0 Å². The van der Waals surface area contributed by atoms with Gasteiger partial charge in [-0.15, -0.1) is 5.10 Å². The van der Waals surface area contributed by atoms with Gasteiger partial charge in [-0.05, 0) is 36.8 Å².